The quantitative estimate of drug-likeness (QED) is 0.863. The van der Waals surface area contributed by atoms with Crippen LogP contribution in [0.25, 0.3) is 11.0 Å². The fourth-order valence-corrected chi connectivity index (χ4v) is 3.13. The Kier molecular flexibility index (Phi) is 3.23. The van der Waals surface area contributed by atoms with Crippen molar-refractivity contribution >= 4 is 11.0 Å². The number of phenols is 1. The first-order valence-electron chi connectivity index (χ1n) is 6.68. The van der Waals surface area contributed by atoms with Crippen LogP contribution < -0.4 is 5.43 Å². The molecule has 0 amide bonds. The van der Waals surface area contributed by atoms with Crippen molar-refractivity contribution in [3.8, 4) is 5.75 Å². The second-order valence-corrected chi connectivity index (χ2v) is 5.29. The van der Waals surface area contributed by atoms with E-state index in [4.69, 9.17) is 4.42 Å². The van der Waals surface area contributed by atoms with Gasteiger partial charge in [-0.3, -0.25) is 4.79 Å². The summed E-state index contributed by atoms with van der Waals surface area (Å²) >= 11 is 0. The highest BCUT2D eigenvalue weighted by Gasteiger charge is 2.34. The fourth-order valence-electron chi connectivity index (χ4n) is 3.13. The van der Waals surface area contributed by atoms with Crippen LogP contribution in [0.1, 0.15) is 17.9 Å². The lowest BCUT2D eigenvalue weighted by molar-refractivity contribution is 0.172. The van der Waals surface area contributed by atoms with E-state index < -0.39 is 0 Å². The molecular weight excluding hydrogens is 258 g/mol. The van der Waals surface area contributed by atoms with Gasteiger partial charge in [-0.25, -0.2) is 0 Å². The molecule has 0 bridgehead atoms. The maximum atomic E-state index is 11.9. The van der Waals surface area contributed by atoms with Crippen LogP contribution in [0.5, 0.6) is 5.75 Å². The van der Waals surface area contributed by atoms with Crippen molar-refractivity contribution in [3.63, 3.8) is 0 Å². The summed E-state index contributed by atoms with van der Waals surface area (Å²) < 4.78 is 5.48. The molecule has 106 valence electrons. The van der Waals surface area contributed by atoms with Crippen LogP contribution in [0.3, 0.4) is 0 Å². The second-order valence-electron chi connectivity index (χ2n) is 5.29. The SMILES string of the molecule is CN1CCC(c2ccc(O)c3c(=O)ccoc23)C1CO. The van der Waals surface area contributed by atoms with E-state index in [2.05, 4.69) is 4.90 Å². The summed E-state index contributed by atoms with van der Waals surface area (Å²) in [6.45, 7) is 0.940. The van der Waals surface area contributed by atoms with E-state index in [1.54, 1.807) is 6.07 Å². The molecule has 5 nitrogen and oxygen atoms in total. The summed E-state index contributed by atoms with van der Waals surface area (Å²) in [5.41, 5.74) is 1.05. The number of benzene rings is 1. The zero-order chi connectivity index (χ0) is 14.3. The molecule has 1 aliphatic heterocycles. The van der Waals surface area contributed by atoms with Gasteiger partial charge in [-0.05, 0) is 26.1 Å². The van der Waals surface area contributed by atoms with Gasteiger partial charge in [0.2, 0.25) is 0 Å². The number of nitrogens with zero attached hydrogens (tertiary/aromatic N) is 1. The van der Waals surface area contributed by atoms with Crippen molar-refractivity contribution in [3.05, 3.63) is 40.2 Å². The molecule has 0 saturated carbocycles. The average molecular weight is 275 g/mol. The molecule has 3 rings (SSSR count). The summed E-state index contributed by atoms with van der Waals surface area (Å²) in [5.74, 6) is 0.0312. The lowest BCUT2D eigenvalue weighted by Gasteiger charge is -2.23. The van der Waals surface area contributed by atoms with Gasteiger partial charge >= 0.3 is 0 Å². The third-order valence-corrected chi connectivity index (χ3v) is 4.23. The van der Waals surface area contributed by atoms with Crippen LogP contribution in [-0.2, 0) is 0 Å². The third-order valence-electron chi connectivity index (χ3n) is 4.23. The zero-order valence-electron chi connectivity index (χ0n) is 11.2. The molecule has 0 aliphatic carbocycles. The van der Waals surface area contributed by atoms with Gasteiger partial charge < -0.3 is 19.5 Å². The van der Waals surface area contributed by atoms with E-state index >= 15 is 0 Å². The summed E-state index contributed by atoms with van der Waals surface area (Å²) in [4.78, 5) is 14.0. The zero-order valence-corrected chi connectivity index (χ0v) is 11.2. The highest BCUT2D eigenvalue weighted by molar-refractivity contribution is 5.86. The number of aromatic hydroxyl groups is 1. The van der Waals surface area contributed by atoms with Gasteiger partial charge in [-0.15, -0.1) is 0 Å². The first-order valence-corrected chi connectivity index (χ1v) is 6.68. The maximum Gasteiger partial charge on any atom is 0.196 e. The molecule has 2 heterocycles. The smallest absolute Gasteiger partial charge is 0.196 e. The predicted octanol–water partition coefficient (Wildman–Crippen LogP) is 1.28. The molecular formula is C15H17NO4. The Morgan fingerprint density at radius 1 is 1.40 bits per heavy atom. The van der Waals surface area contributed by atoms with Crippen LogP contribution in [0, 0.1) is 0 Å². The lowest BCUT2D eigenvalue weighted by atomic mass is 9.90. The molecule has 2 atom stereocenters. The van der Waals surface area contributed by atoms with Crippen molar-refractivity contribution in [1.82, 2.24) is 4.90 Å². The van der Waals surface area contributed by atoms with Gasteiger partial charge in [0.15, 0.2) is 5.43 Å². The average Bonchev–Trinajstić information content (AvgIpc) is 2.80. The molecule has 2 N–H and O–H groups in total. The van der Waals surface area contributed by atoms with E-state index in [0.29, 0.717) is 5.58 Å². The molecule has 0 radical (unpaired) electrons. The van der Waals surface area contributed by atoms with Gasteiger partial charge in [-0.2, -0.15) is 0 Å². The summed E-state index contributed by atoms with van der Waals surface area (Å²) in [7, 11) is 1.97. The van der Waals surface area contributed by atoms with Crippen LogP contribution in [-0.4, -0.2) is 41.4 Å². The third kappa shape index (κ3) is 1.90. The predicted molar refractivity (Wildman–Crippen MR) is 75.0 cm³/mol. The Bertz CT molecular complexity index is 694. The normalized spacial score (nSPS) is 23.5. The number of hydrogen-bond acceptors (Lipinski definition) is 5. The fraction of sp³-hybridized carbons (Fsp3) is 0.400. The van der Waals surface area contributed by atoms with E-state index in [-0.39, 0.29) is 35.1 Å². The first kappa shape index (κ1) is 13.1. The van der Waals surface area contributed by atoms with Gasteiger partial charge in [0.25, 0.3) is 0 Å². The maximum absolute atomic E-state index is 11.9. The van der Waals surface area contributed by atoms with E-state index in [1.165, 1.54) is 18.4 Å². The monoisotopic (exact) mass is 275 g/mol. The molecule has 0 spiro atoms. The number of likely N-dealkylation sites (tertiary alicyclic amines) is 1. The summed E-state index contributed by atoms with van der Waals surface area (Å²) in [6.07, 6.45) is 2.24. The molecule has 2 unspecified atom stereocenters. The van der Waals surface area contributed by atoms with Gasteiger partial charge in [0.05, 0.1) is 12.9 Å². The van der Waals surface area contributed by atoms with E-state index in [0.717, 1.165) is 18.5 Å². The number of phenolic OH excluding ortho intramolecular Hbond substituents is 1. The van der Waals surface area contributed by atoms with Crippen LogP contribution in [0.2, 0.25) is 0 Å². The number of aliphatic hydroxyl groups is 1. The highest BCUT2D eigenvalue weighted by atomic mass is 16.3. The van der Waals surface area contributed by atoms with Gasteiger partial charge in [-0.1, -0.05) is 6.07 Å². The molecule has 1 saturated heterocycles. The van der Waals surface area contributed by atoms with Crippen LogP contribution in [0.4, 0.5) is 0 Å². The standard InChI is InChI=1S/C15H17NO4/c1-16-6-4-9(11(16)8-17)10-2-3-12(18)14-13(19)5-7-20-15(10)14/h2-3,5,7,9,11,17-18H,4,6,8H2,1H3. The molecule has 1 aromatic heterocycles. The van der Waals surface area contributed by atoms with Crippen molar-refractivity contribution < 1.29 is 14.6 Å². The van der Waals surface area contributed by atoms with E-state index in [9.17, 15) is 15.0 Å². The number of rotatable bonds is 2. The Labute approximate surface area is 116 Å². The Balaban J connectivity index is 2.20. The molecule has 1 fully saturated rings. The minimum atomic E-state index is -0.252. The minimum absolute atomic E-state index is 0.00764. The molecule has 20 heavy (non-hydrogen) atoms. The van der Waals surface area contributed by atoms with Crippen molar-refractivity contribution in [2.75, 3.05) is 20.2 Å². The molecule has 1 aliphatic rings. The van der Waals surface area contributed by atoms with Gasteiger partial charge in [0, 0.05) is 23.6 Å². The summed E-state index contributed by atoms with van der Waals surface area (Å²) in [6, 6.07) is 4.62. The topological polar surface area (TPSA) is 73.9 Å². The molecule has 2 aromatic rings. The van der Waals surface area contributed by atoms with Crippen LogP contribution >= 0.6 is 0 Å². The first-order chi connectivity index (χ1) is 9.63. The number of hydrogen-bond donors (Lipinski definition) is 2. The highest BCUT2D eigenvalue weighted by Crippen LogP contribution is 2.37. The van der Waals surface area contributed by atoms with Gasteiger partial charge in [0.1, 0.15) is 16.7 Å². The Morgan fingerprint density at radius 2 is 2.20 bits per heavy atom. The number of likely N-dealkylation sites (N-methyl/N-ethyl adjacent to an activating group) is 1. The summed E-state index contributed by atoms with van der Waals surface area (Å²) in [5, 5.41) is 19.7. The van der Waals surface area contributed by atoms with E-state index in [1.807, 2.05) is 7.05 Å². The number of aliphatic hydroxyl groups excluding tert-OH is 1. The number of fused-ring (bicyclic) bond motifs is 1. The minimum Gasteiger partial charge on any atom is -0.507 e. The lowest BCUT2D eigenvalue weighted by Crippen LogP contribution is -2.31. The second kappa shape index (κ2) is 4.92. The largest absolute Gasteiger partial charge is 0.507 e. The Morgan fingerprint density at radius 3 is 2.95 bits per heavy atom. The van der Waals surface area contributed by atoms with Crippen molar-refractivity contribution in [2.45, 2.75) is 18.4 Å². The van der Waals surface area contributed by atoms with Crippen molar-refractivity contribution in [1.29, 1.82) is 0 Å². The van der Waals surface area contributed by atoms with Crippen LogP contribution in [0.15, 0.2) is 33.7 Å². The molecule has 1 aromatic carbocycles. The Hall–Kier alpha value is -1.85. The molecule has 5 heteroatoms. The van der Waals surface area contributed by atoms with Crippen molar-refractivity contribution in [2.24, 2.45) is 0 Å².